The standard InChI is InChI=1S/C17H29N3O3/c1-12(2)7-6-8-13(3)18-14(21)11-20-15(22)17(19-16(20)23)9-4-5-10-17/h12-13H,4-11H2,1-3H3,(H,18,21)(H,19,23). The molecule has 1 atom stereocenters. The Morgan fingerprint density at radius 2 is 1.87 bits per heavy atom. The van der Waals surface area contributed by atoms with Crippen molar-refractivity contribution in [3.63, 3.8) is 0 Å². The molecule has 1 spiro atoms. The summed E-state index contributed by atoms with van der Waals surface area (Å²) in [5.41, 5.74) is -0.736. The minimum Gasteiger partial charge on any atom is -0.352 e. The SMILES string of the molecule is CC(C)CCCC(C)NC(=O)CN1C(=O)NC2(CCCC2)C1=O. The van der Waals surface area contributed by atoms with Crippen LogP contribution in [-0.4, -0.2) is 40.9 Å². The van der Waals surface area contributed by atoms with Crippen LogP contribution in [0.15, 0.2) is 0 Å². The van der Waals surface area contributed by atoms with Crippen LogP contribution in [0, 0.1) is 5.92 Å². The average Bonchev–Trinajstić information content (AvgIpc) is 3.00. The second-order valence-corrected chi connectivity index (χ2v) is 7.40. The molecular formula is C17H29N3O3. The maximum absolute atomic E-state index is 12.5. The van der Waals surface area contributed by atoms with Crippen LogP contribution < -0.4 is 10.6 Å². The lowest BCUT2D eigenvalue weighted by Crippen LogP contribution is -2.46. The van der Waals surface area contributed by atoms with Gasteiger partial charge >= 0.3 is 6.03 Å². The Morgan fingerprint density at radius 1 is 1.22 bits per heavy atom. The van der Waals surface area contributed by atoms with E-state index in [9.17, 15) is 14.4 Å². The molecule has 1 saturated heterocycles. The van der Waals surface area contributed by atoms with Crippen LogP contribution in [0.3, 0.4) is 0 Å². The monoisotopic (exact) mass is 323 g/mol. The molecule has 0 radical (unpaired) electrons. The maximum Gasteiger partial charge on any atom is 0.325 e. The molecule has 4 amide bonds. The van der Waals surface area contributed by atoms with Crippen molar-refractivity contribution in [1.29, 1.82) is 0 Å². The Morgan fingerprint density at radius 3 is 2.48 bits per heavy atom. The zero-order valence-electron chi connectivity index (χ0n) is 14.5. The zero-order chi connectivity index (χ0) is 17.0. The highest BCUT2D eigenvalue weighted by Gasteiger charge is 2.52. The molecule has 1 aliphatic carbocycles. The van der Waals surface area contributed by atoms with Crippen LogP contribution in [-0.2, 0) is 9.59 Å². The van der Waals surface area contributed by atoms with Gasteiger partial charge < -0.3 is 10.6 Å². The normalized spacial score (nSPS) is 21.1. The molecule has 1 heterocycles. The van der Waals surface area contributed by atoms with Crippen molar-refractivity contribution in [2.24, 2.45) is 5.92 Å². The van der Waals surface area contributed by atoms with Crippen LogP contribution in [0.1, 0.15) is 65.7 Å². The van der Waals surface area contributed by atoms with Crippen molar-refractivity contribution in [2.45, 2.75) is 77.3 Å². The molecule has 0 aromatic carbocycles. The number of rotatable bonds is 7. The lowest BCUT2D eigenvalue weighted by molar-refractivity contribution is -0.135. The zero-order valence-corrected chi connectivity index (χ0v) is 14.5. The Bertz CT molecular complexity index is 470. The Hall–Kier alpha value is -1.59. The van der Waals surface area contributed by atoms with Crippen LogP contribution in [0.2, 0.25) is 0 Å². The smallest absolute Gasteiger partial charge is 0.325 e. The van der Waals surface area contributed by atoms with Crippen molar-refractivity contribution >= 4 is 17.8 Å². The third-order valence-electron chi connectivity index (χ3n) is 4.83. The summed E-state index contributed by atoms with van der Waals surface area (Å²) in [5, 5.41) is 5.68. The Kier molecular flexibility index (Phi) is 5.65. The second kappa shape index (κ2) is 7.32. The molecule has 6 nitrogen and oxygen atoms in total. The molecule has 1 unspecified atom stereocenters. The first-order valence-electron chi connectivity index (χ1n) is 8.77. The second-order valence-electron chi connectivity index (χ2n) is 7.40. The van der Waals surface area contributed by atoms with Crippen molar-refractivity contribution in [1.82, 2.24) is 15.5 Å². The predicted molar refractivity (Wildman–Crippen MR) is 87.7 cm³/mol. The molecule has 0 bridgehead atoms. The van der Waals surface area contributed by atoms with Gasteiger partial charge in [-0.05, 0) is 32.1 Å². The minimum atomic E-state index is -0.736. The molecule has 0 aromatic heterocycles. The molecule has 2 fully saturated rings. The Labute approximate surface area is 138 Å². The maximum atomic E-state index is 12.5. The van der Waals surface area contributed by atoms with Crippen molar-refractivity contribution in [3.05, 3.63) is 0 Å². The van der Waals surface area contributed by atoms with Gasteiger partial charge in [0, 0.05) is 6.04 Å². The van der Waals surface area contributed by atoms with Crippen LogP contribution in [0.4, 0.5) is 4.79 Å². The van der Waals surface area contributed by atoms with E-state index >= 15 is 0 Å². The largest absolute Gasteiger partial charge is 0.352 e. The van der Waals surface area contributed by atoms with Gasteiger partial charge in [0.2, 0.25) is 5.91 Å². The van der Waals surface area contributed by atoms with E-state index in [-0.39, 0.29) is 24.4 Å². The van der Waals surface area contributed by atoms with E-state index in [2.05, 4.69) is 24.5 Å². The van der Waals surface area contributed by atoms with E-state index in [1.165, 1.54) is 0 Å². The van der Waals surface area contributed by atoms with Gasteiger partial charge in [-0.25, -0.2) is 4.79 Å². The van der Waals surface area contributed by atoms with Crippen molar-refractivity contribution < 1.29 is 14.4 Å². The number of amides is 4. The quantitative estimate of drug-likeness (QED) is 0.705. The van der Waals surface area contributed by atoms with E-state index < -0.39 is 11.6 Å². The number of carbonyl (C=O) groups is 3. The first kappa shape index (κ1) is 17.8. The van der Waals surface area contributed by atoms with Crippen molar-refractivity contribution in [3.8, 4) is 0 Å². The van der Waals surface area contributed by atoms with Gasteiger partial charge in [0.05, 0.1) is 0 Å². The summed E-state index contributed by atoms with van der Waals surface area (Å²) < 4.78 is 0. The lowest BCUT2D eigenvalue weighted by atomic mass is 9.98. The topological polar surface area (TPSA) is 78.5 Å². The predicted octanol–water partition coefficient (Wildman–Crippen LogP) is 2.18. The number of nitrogens with one attached hydrogen (secondary N) is 2. The molecule has 23 heavy (non-hydrogen) atoms. The first-order chi connectivity index (χ1) is 10.8. The van der Waals surface area contributed by atoms with Gasteiger partial charge in [0.25, 0.3) is 5.91 Å². The molecule has 2 N–H and O–H groups in total. The summed E-state index contributed by atoms with van der Waals surface area (Å²) in [6, 6.07) is -0.373. The lowest BCUT2D eigenvalue weighted by Gasteiger charge is -2.20. The first-order valence-corrected chi connectivity index (χ1v) is 8.77. The molecule has 130 valence electrons. The van der Waals surface area contributed by atoms with Gasteiger partial charge in [0.15, 0.2) is 0 Å². The molecule has 0 aromatic rings. The van der Waals surface area contributed by atoms with E-state index in [0.717, 1.165) is 37.0 Å². The van der Waals surface area contributed by atoms with Crippen LogP contribution in [0.5, 0.6) is 0 Å². The van der Waals surface area contributed by atoms with Crippen LogP contribution >= 0.6 is 0 Å². The number of nitrogens with zero attached hydrogens (tertiary/aromatic N) is 1. The number of hydrogen-bond acceptors (Lipinski definition) is 3. The van der Waals surface area contributed by atoms with Crippen LogP contribution in [0.25, 0.3) is 0 Å². The summed E-state index contributed by atoms with van der Waals surface area (Å²) in [4.78, 5) is 37.7. The van der Waals surface area contributed by atoms with E-state index in [1.807, 2.05) is 6.92 Å². The third-order valence-corrected chi connectivity index (χ3v) is 4.83. The minimum absolute atomic E-state index is 0.0578. The highest BCUT2D eigenvalue weighted by atomic mass is 16.2. The fourth-order valence-corrected chi connectivity index (χ4v) is 3.51. The van der Waals surface area contributed by atoms with E-state index in [4.69, 9.17) is 0 Å². The van der Waals surface area contributed by atoms with Gasteiger partial charge in [-0.15, -0.1) is 0 Å². The fraction of sp³-hybridized carbons (Fsp3) is 0.824. The summed E-state index contributed by atoms with van der Waals surface area (Å²) in [5.74, 6) is 0.162. The van der Waals surface area contributed by atoms with E-state index in [1.54, 1.807) is 0 Å². The molecule has 2 rings (SSSR count). The number of carbonyl (C=O) groups excluding carboxylic acids is 3. The summed E-state index contributed by atoms with van der Waals surface area (Å²) in [6.45, 7) is 6.14. The summed E-state index contributed by atoms with van der Waals surface area (Å²) in [7, 11) is 0. The third kappa shape index (κ3) is 4.24. The van der Waals surface area contributed by atoms with Gasteiger partial charge in [-0.2, -0.15) is 0 Å². The fourth-order valence-electron chi connectivity index (χ4n) is 3.51. The summed E-state index contributed by atoms with van der Waals surface area (Å²) in [6.07, 6.45) is 6.36. The van der Waals surface area contributed by atoms with E-state index in [0.29, 0.717) is 18.8 Å². The van der Waals surface area contributed by atoms with Gasteiger partial charge in [-0.3, -0.25) is 14.5 Å². The molecular weight excluding hydrogens is 294 g/mol. The molecule has 1 aliphatic heterocycles. The average molecular weight is 323 g/mol. The highest BCUT2D eigenvalue weighted by Crippen LogP contribution is 2.34. The molecule has 2 aliphatic rings. The number of hydrogen-bond donors (Lipinski definition) is 2. The van der Waals surface area contributed by atoms with Gasteiger partial charge in [-0.1, -0.05) is 39.5 Å². The van der Waals surface area contributed by atoms with Gasteiger partial charge in [0.1, 0.15) is 12.1 Å². The Balaban J connectivity index is 1.81. The molecule has 6 heteroatoms. The molecule has 1 saturated carbocycles. The summed E-state index contributed by atoms with van der Waals surface area (Å²) >= 11 is 0. The number of imide groups is 1. The van der Waals surface area contributed by atoms with Crippen molar-refractivity contribution in [2.75, 3.05) is 6.54 Å². The highest BCUT2D eigenvalue weighted by molar-refractivity contribution is 6.09. The number of urea groups is 1.